The second kappa shape index (κ2) is 5.00. The molecule has 0 unspecified atom stereocenters. The van der Waals surface area contributed by atoms with Crippen molar-refractivity contribution in [3.8, 4) is 0 Å². The summed E-state index contributed by atoms with van der Waals surface area (Å²) in [5.74, 6) is -0.439. The summed E-state index contributed by atoms with van der Waals surface area (Å²) in [6, 6.07) is 2.09. The van der Waals surface area contributed by atoms with Crippen molar-refractivity contribution in [2.75, 3.05) is 0 Å². The Hall–Kier alpha value is -2.15. The molecule has 3 aromatic heterocycles. The summed E-state index contributed by atoms with van der Waals surface area (Å²) >= 11 is 1.67. The van der Waals surface area contributed by atoms with Crippen LogP contribution in [0.15, 0.2) is 17.1 Å². The van der Waals surface area contributed by atoms with Crippen LogP contribution in [0.4, 0.5) is 0 Å². The highest BCUT2D eigenvalue weighted by Crippen LogP contribution is 2.33. The van der Waals surface area contributed by atoms with Gasteiger partial charge in [-0.15, -0.1) is 11.3 Å². The number of carbonyl (C=O) groups is 1. The molecule has 0 fully saturated rings. The normalized spacial score (nSPS) is 11.5. The lowest BCUT2D eigenvalue weighted by Crippen LogP contribution is -2.26. The van der Waals surface area contributed by atoms with E-state index in [1.807, 2.05) is 11.5 Å². The van der Waals surface area contributed by atoms with Crippen molar-refractivity contribution in [3.05, 3.63) is 27.5 Å². The predicted octanol–water partition coefficient (Wildman–Crippen LogP) is 1.62. The largest absolute Gasteiger partial charge is 0.370 e. The number of hydrogen-bond donors (Lipinski definition) is 1. The summed E-state index contributed by atoms with van der Waals surface area (Å²) in [5.41, 5.74) is 6.69. The smallest absolute Gasteiger partial charge is 0.291 e. The summed E-state index contributed by atoms with van der Waals surface area (Å²) in [4.78, 5) is 24.7. The Morgan fingerprint density at radius 2 is 2.24 bits per heavy atom. The lowest BCUT2D eigenvalue weighted by atomic mass is 10.3. The van der Waals surface area contributed by atoms with Crippen LogP contribution in [0.5, 0.6) is 0 Å². The number of amides is 1. The van der Waals surface area contributed by atoms with Gasteiger partial charge in [0.05, 0.1) is 23.0 Å². The molecule has 3 aromatic rings. The van der Waals surface area contributed by atoms with Crippen molar-refractivity contribution in [3.63, 3.8) is 0 Å². The zero-order valence-electron chi connectivity index (χ0n) is 11.9. The van der Waals surface area contributed by atoms with E-state index >= 15 is 0 Å². The van der Waals surface area contributed by atoms with Crippen LogP contribution in [0, 0.1) is 6.92 Å². The summed E-state index contributed by atoms with van der Waals surface area (Å²) < 4.78 is 4.42. The molecule has 0 atom stereocenters. The molecule has 3 rings (SSSR count). The van der Waals surface area contributed by atoms with Gasteiger partial charge in [0.25, 0.3) is 5.56 Å². The Labute approximate surface area is 124 Å². The van der Waals surface area contributed by atoms with Gasteiger partial charge in [0.1, 0.15) is 5.52 Å². The number of aryl methyl sites for hydroxylation is 3. The molecule has 0 aliphatic heterocycles. The highest BCUT2D eigenvalue weighted by molar-refractivity contribution is 7.20. The molecule has 0 aliphatic carbocycles. The van der Waals surface area contributed by atoms with Crippen molar-refractivity contribution in [1.29, 1.82) is 0 Å². The molecule has 0 aromatic carbocycles. The van der Waals surface area contributed by atoms with E-state index in [4.69, 9.17) is 5.73 Å². The molecule has 0 aliphatic rings. The van der Waals surface area contributed by atoms with Crippen molar-refractivity contribution in [2.24, 2.45) is 5.73 Å². The SMILES string of the molecule is CCn1c2cc(C)sc2c2cnn(CCC(N)=O)c(=O)c21. The van der Waals surface area contributed by atoms with Gasteiger partial charge in [-0.2, -0.15) is 5.10 Å². The van der Waals surface area contributed by atoms with Gasteiger partial charge in [-0.1, -0.05) is 0 Å². The predicted molar refractivity (Wildman–Crippen MR) is 83.6 cm³/mol. The van der Waals surface area contributed by atoms with Gasteiger partial charge in [0.2, 0.25) is 5.91 Å². The van der Waals surface area contributed by atoms with E-state index in [9.17, 15) is 9.59 Å². The second-order valence-electron chi connectivity index (χ2n) is 4.97. The van der Waals surface area contributed by atoms with Crippen LogP contribution in [-0.2, 0) is 17.9 Å². The van der Waals surface area contributed by atoms with Gasteiger partial charge < -0.3 is 10.3 Å². The fourth-order valence-electron chi connectivity index (χ4n) is 2.62. The number of rotatable bonds is 4. The molecule has 1 amide bonds. The molecule has 3 heterocycles. The highest BCUT2D eigenvalue weighted by Gasteiger charge is 2.17. The monoisotopic (exact) mass is 304 g/mol. The number of aromatic nitrogens is 3. The van der Waals surface area contributed by atoms with Crippen molar-refractivity contribution in [1.82, 2.24) is 14.3 Å². The first-order chi connectivity index (χ1) is 10.0. The Morgan fingerprint density at radius 3 is 2.90 bits per heavy atom. The Bertz CT molecular complexity index is 903. The summed E-state index contributed by atoms with van der Waals surface area (Å²) in [5, 5.41) is 5.06. The maximum atomic E-state index is 12.6. The Kier molecular flexibility index (Phi) is 3.29. The zero-order valence-corrected chi connectivity index (χ0v) is 12.7. The van der Waals surface area contributed by atoms with Crippen molar-refractivity contribution < 1.29 is 4.79 Å². The minimum Gasteiger partial charge on any atom is -0.370 e. The summed E-state index contributed by atoms with van der Waals surface area (Å²) in [6.07, 6.45) is 1.82. The molecule has 21 heavy (non-hydrogen) atoms. The molecule has 6 nitrogen and oxygen atoms in total. The van der Waals surface area contributed by atoms with Gasteiger partial charge >= 0.3 is 0 Å². The number of thiophene rings is 1. The van der Waals surface area contributed by atoms with Crippen molar-refractivity contribution in [2.45, 2.75) is 33.4 Å². The van der Waals surface area contributed by atoms with Crippen LogP contribution >= 0.6 is 11.3 Å². The molecule has 0 radical (unpaired) electrons. The van der Waals surface area contributed by atoms with E-state index in [-0.39, 0.29) is 18.5 Å². The van der Waals surface area contributed by atoms with Gasteiger partial charge in [0.15, 0.2) is 0 Å². The van der Waals surface area contributed by atoms with Crippen molar-refractivity contribution >= 4 is 38.4 Å². The third-order valence-electron chi connectivity index (χ3n) is 3.55. The lowest BCUT2D eigenvalue weighted by Gasteiger charge is -2.05. The minimum absolute atomic E-state index is 0.110. The second-order valence-corrected chi connectivity index (χ2v) is 6.22. The minimum atomic E-state index is -0.439. The average molecular weight is 304 g/mol. The van der Waals surface area contributed by atoms with Crippen LogP contribution in [-0.4, -0.2) is 20.3 Å². The molecule has 7 heteroatoms. The van der Waals surface area contributed by atoms with E-state index in [0.29, 0.717) is 12.1 Å². The van der Waals surface area contributed by atoms with Gasteiger partial charge in [-0.3, -0.25) is 9.59 Å². The third kappa shape index (κ3) is 2.13. The number of nitrogens with zero attached hydrogens (tertiary/aromatic N) is 3. The molecule has 0 bridgehead atoms. The molecular weight excluding hydrogens is 288 g/mol. The zero-order chi connectivity index (χ0) is 15.1. The topological polar surface area (TPSA) is 82.9 Å². The van der Waals surface area contributed by atoms with E-state index in [2.05, 4.69) is 18.1 Å². The van der Waals surface area contributed by atoms with Gasteiger partial charge in [-0.25, -0.2) is 4.68 Å². The van der Waals surface area contributed by atoms with Crippen LogP contribution in [0.3, 0.4) is 0 Å². The Balaban J connectivity index is 2.27. The number of fused-ring (bicyclic) bond motifs is 3. The molecule has 110 valence electrons. The Morgan fingerprint density at radius 1 is 1.48 bits per heavy atom. The molecule has 0 saturated heterocycles. The first-order valence-electron chi connectivity index (χ1n) is 6.79. The van der Waals surface area contributed by atoms with Gasteiger partial charge in [-0.05, 0) is 19.9 Å². The number of carbonyl (C=O) groups excluding carboxylic acids is 1. The highest BCUT2D eigenvalue weighted by atomic mass is 32.1. The first-order valence-corrected chi connectivity index (χ1v) is 7.61. The summed E-state index contributed by atoms with van der Waals surface area (Å²) in [7, 11) is 0. The van der Waals surface area contributed by atoms with E-state index in [1.54, 1.807) is 17.5 Å². The third-order valence-corrected chi connectivity index (χ3v) is 4.62. The van der Waals surface area contributed by atoms with E-state index < -0.39 is 5.91 Å². The maximum Gasteiger partial charge on any atom is 0.291 e. The van der Waals surface area contributed by atoms with Gasteiger partial charge in [0, 0.05) is 23.2 Å². The van der Waals surface area contributed by atoms with Crippen LogP contribution in [0.2, 0.25) is 0 Å². The summed E-state index contributed by atoms with van der Waals surface area (Å²) in [6.45, 7) is 4.99. The number of hydrogen-bond acceptors (Lipinski definition) is 4. The quantitative estimate of drug-likeness (QED) is 0.795. The van der Waals surface area contributed by atoms with Crippen LogP contribution in [0.1, 0.15) is 18.2 Å². The number of primary amides is 1. The molecule has 2 N–H and O–H groups in total. The average Bonchev–Trinajstić information content (AvgIpc) is 2.93. The standard InChI is InChI=1S/C14H16N4O2S/c1-3-17-10-6-8(2)21-13(10)9-7-16-18(5-4-11(15)19)14(20)12(9)17/h6-7H,3-5H2,1-2H3,(H2,15,19). The fraction of sp³-hybridized carbons (Fsp3) is 0.357. The first kappa shape index (κ1) is 13.8. The fourth-order valence-corrected chi connectivity index (χ4v) is 3.65. The molecular formula is C14H16N4O2S. The van der Waals surface area contributed by atoms with Crippen LogP contribution < -0.4 is 11.3 Å². The van der Waals surface area contributed by atoms with E-state index in [1.165, 1.54) is 9.56 Å². The molecule has 0 saturated carbocycles. The van der Waals surface area contributed by atoms with E-state index in [0.717, 1.165) is 15.6 Å². The van der Waals surface area contributed by atoms with Crippen LogP contribution in [0.25, 0.3) is 21.1 Å². The number of nitrogens with two attached hydrogens (primary N) is 1. The lowest BCUT2D eigenvalue weighted by molar-refractivity contribution is -0.118. The molecule has 0 spiro atoms. The maximum absolute atomic E-state index is 12.6.